The second-order valence-corrected chi connectivity index (χ2v) is 7.67. The maximum atomic E-state index is 12.2. The first kappa shape index (κ1) is 19.6. The van der Waals surface area contributed by atoms with Gasteiger partial charge in [0, 0.05) is 38.8 Å². The molecule has 2 aliphatic heterocycles. The Bertz CT molecular complexity index is 693. The third-order valence-electron chi connectivity index (χ3n) is 5.39. The van der Waals surface area contributed by atoms with Crippen LogP contribution < -0.4 is 5.32 Å². The van der Waals surface area contributed by atoms with E-state index in [4.69, 9.17) is 6.42 Å². The topological polar surface area (TPSA) is 57.1 Å². The average Bonchev–Trinajstić information content (AvgIpc) is 3.49. The molecule has 0 bridgehead atoms. The highest BCUT2D eigenvalue weighted by molar-refractivity contribution is 5.76. The van der Waals surface area contributed by atoms with Gasteiger partial charge in [-0.3, -0.25) is 9.69 Å². The molecule has 27 heavy (non-hydrogen) atoms. The molecule has 2 aliphatic rings. The number of amides is 1. The zero-order chi connectivity index (χ0) is 19.0. The van der Waals surface area contributed by atoms with E-state index in [-0.39, 0.29) is 11.6 Å². The van der Waals surface area contributed by atoms with Crippen LogP contribution in [0, 0.1) is 12.3 Å². The first-order valence-electron chi connectivity index (χ1n) is 10.1. The maximum Gasteiger partial charge on any atom is 0.220 e. The summed E-state index contributed by atoms with van der Waals surface area (Å²) in [4.78, 5) is 14.7. The number of carbonyl (C=O) groups is 1. The molecular weight excluding hydrogens is 336 g/mol. The lowest BCUT2D eigenvalue weighted by atomic mass is 10.0. The van der Waals surface area contributed by atoms with Gasteiger partial charge in [-0.15, -0.1) is 12.3 Å². The Morgan fingerprint density at radius 3 is 2.59 bits per heavy atom. The molecule has 0 unspecified atom stereocenters. The number of likely N-dealkylation sites (tertiary alicyclic amines) is 1. The number of hydrogen-bond donors (Lipinski definition) is 1. The van der Waals surface area contributed by atoms with Crippen molar-refractivity contribution in [1.82, 2.24) is 10.2 Å². The van der Waals surface area contributed by atoms with Crippen LogP contribution in [0.5, 0.6) is 0 Å². The third kappa shape index (κ3) is 6.48. The van der Waals surface area contributed by atoms with E-state index < -0.39 is 0 Å². The van der Waals surface area contributed by atoms with Crippen LogP contribution in [0.25, 0.3) is 0 Å². The highest BCUT2D eigenvalue weighted by atomic mass is 16.1. The quantitative estimate of drug-likeness (QED) is 0.671. The SMILES string of the molecule is C#CCCC1(CCC(=O)NCc2cccc(CN3CCCCCC3)c2)N=N1. The van der Waals surface area contributed by atoms with E-state index in [0.717, 1.165) is 18.5 Å². The number of nitrogens with one attached hydrogen (secondary N) is 1. The van der Waals surface area contributed by atoms with Gasteiger partial charge in [-0.25, -0.2) is 0 Å². The summed E-state index contributed by atoms with van der Waals surface area (Å²) in [6.07, 6.45) is 13.1. The van der Waals surface area contributed by atoms with Crippen LogP contribution in [0.4, 0.5) is 0 Å². The molecular formula is C22H30N4O. The van der Waals surface area contributed by atoms with Crippen LogP contribution in [0.2, 0.25) is 0 Å². The molecule has 0 spiro atoms. The van der Waals surface area contributed by atoms with Crippen LogP contribution in [0.1, 0.15) is 62.5 Å². The number of nitrogens with zero attached hydrogens (tertiary/aromatic N) is 3. The monoisotopic (exact) mass is 366 g/mol. The van der Waals surface area contributed by atoms with E-state index >= 15 is 0 Å². The fourth-order valence-electron chi connectivity index (χ4n) is 3.66. The second-order valence-electron chi connectivity index (χ2n) is 7.67. The Morgan fingerprint density at radius 2 is 1.89 bits per heavy atom. The number of carbonyl (C=O) groups excluding carboxylic acids is 1. The van der Waals surface area contributed by atoms with Crippen molar-refractivity contribution in [2.75, 3.05) is 13.1 Å². The molecule has 0 atom stereocenters. The van der Waals surface area contributed by atoms with Gasteiger partial charge in [0.1, 0.15) is 0 Å². The van der Waals surface area contributed by atoms with E-state index in [1.165, 1.54) is 44.3 Å². The maximum absolute atomic E-state index is 12.2. The molecule has 1 N–H and O–H groups in total. The van der Waals surface area contributed by atoms with Crippen molar-refractivity contribution in [1.29, 1.82) is 0 Å². The van der Waals surface area contributed by atoms with Gasteiger partial charge in [0.25, 0.3) is 0 Å². The van der Waals surface area contributed by atoms with E-state index in [9.17, 15) is 4.79 Å². The van der Waals surface area contributed by atoms with Gasteiger partial charge in [-0.05, 0) is 37.1 Å². The molecule has 1 aromatic carbocycles. The summed E-state index contributed by atoms with van der Waals surface area (Å²) in [6, 6.07) is 8.56. The summed E-state index contributed by atoms with van der Waals surface area (Å²) >= 11 is 0. The average molecular weight is 367 g/mol. The van der Waals surface area contributed by atoms with E-state index in [0.29, 0.717) is 25.8 Å². The van der Waals surface area contributed by atoms with Gasteiger partial charge in [0.15, 0.2) is 5.66 Å². The van der Waals surface area contributed by atoms with Gasteiger partial charge in [-0.2, -0.15) is 10.2 Å². The van der Waals surface area contributed by atoms with Crippen molar-refractivity contribution >= 4 is 5.91 Å². The predicted octanol–water partition coefficient (Wildman–Crippen LogP) is 4.03. The highest BCUT2D eigenvalue weighted by Crippen LogP contribution is 2.37. The van der Waals surface area contributed by atoms with Crippen LogP contribution >= 0.6 is 0 Å². The Hall–Kier alpha value is -2.19. The molecule has 5 heteroatoms. The van der Waals surface area contributed by atoms with Crippen LogP contribution in [-0.2, 0) is 17.9 Å². The number of benzene rings is 1. The fourth-order valence-corrected chi connectivity index (χ4v) is 3.66. The van der Waals surface area contributed by atoms with E-state index in [1.54, 1.807) is 0 Å². The van der Waals surface area contributed by atoms with Gasteiger partial charge in [0.2, 0.25) is 5.91 Å². The minimum Gasteiger partial charge on any atom is -0.352 e. The summed E-state index contributed by atoms with van der Waals surface area (Å²) < 4.78 is 0. The normalized spacial score (nSPS) is 18.5. The van der Waals surface area contributed by atoms with Crippen molar-refractivity contribution in [3.8, 4) is 12.3 Å². The number of rotatable bonds is 9. The molecule has 1 amide bonds. The molecule has 0 aliphatic carbocycles. The summed E-state index contributed by atoms with van der Waals surface area (Å²) in [5, 5.41) is 11.2. The highest BCUT2D eigenvalue weighted by Gasteiger charge is 2.39. The Balaban J connectivity index is 1.41. The summed E-state index contributed by atoms with van der Waals surface area (Å²) in [5.74, 6) is 2.66. The second kappa shape index (κ2) is 9.66. The third-order valence-corrected chi connectivity index (χ3v) is 5.39. The zero-order valence-electron chi connectivity index (χ0n) is 16.1. The summed E-state index contributed by atoms with van der Waals surface area (Å²) in [7, 11) is 0. The number of hydrogen-bond acceptors (Lipinski definition) is 4. The molecule has 1 aromatic rings. The summed E-state index contributed by atoms with van der Waals surface area (Å²) in [5.41, 5.74) is 2.10. The van der Waals surface area contributed by atoms with Gasteiger partial charge in [-0.1, -0.05) is 37.1 Å². The molecule has 5 nitrogen and oxygen atoms in total. The molecule has 2 heterocycles. The zero-order valence-corrected chi connectivity index (χ0v) is 16.1. The minimum atomic E-state index is -0.378. The van der Waals surface area contributed by atoms with Crippen molar-refractivity contribution in [2.24, 2.45) is 10.2 Å². The standard InChI is InChI=1S/C22H30N4O/c1-2-3-12-22(24-25-22)13-11-21(27)23-17-19-9-8-10-20(16-19)18-26-14-6-4-5-7-15-26/h1,8-10,16H,3-7,11-15,17-18H2,(H,23,27). The number of terminal acetylenes is 1. The summed E-state index contributed by atoms with van der Waals surface area (Å²) in [6.45, 7) is 3.96. The Labute approximate surface area is 162 Å². The minimum absolute atomic E-state index is 0.0466. The lowest BCUT2D eigenvalue weighted by Crippen LogP contribution is -2.25. The first-order valence-corrected chi connectivity index (χ1v) is 10.1. The van der Waals surface area contributed by atoms with Crippen LogP contribution in [0.3, 0.4) is 0 Å². The Morgan fingerprint density at radius 1 is 1.15 bits per heavy atom. The molecule has 0 aromatic heterocycles. The van der Waals surface area contributed by atoms with Crippen LogP contribution in [-0.4, -0.2) is 29.6 Å². The molecule has 1 saturated heterocycles. The van der Waals surface area contributed by atoms with E-state index in [1.807, 2.05) is 0 Å². The molecule has 3 rings (SSSR count). The molecule has 0 saturated carbocycles. The first-order chi connectivity index (χ1) is 13.2. The van der Waals surface area contributed by atoms with Crippen LogP contribution in [0.15, 0.2) is 34.5 Å². The fraction of sp³-hybridized carbons (Fsp3) is 0.591. The predicted molar refractivity (Wildman–Crippen MR) is 107 cm³/mol. The lowest BCUT2D eigenvalue weighted by molar-refractivity contribution is -0.121. The molecule has 1 fully saturated rings. The smallest absolute Gasteiger partial charge is 0.220 e. The van der Waals surface area contributed by atoms with Crippen molar-refractivity contribution in [2.45, 2.75) is 70.1 Å². The van der Waals surface area contributed by atoms with Gasteiger partial charge in [0.05, 0.1) is 0 Å². The van der Waals surface area contributed by atoms with Crippen molar-refractivity contribution in [3.05, 3.63) is 35.4 Å². The van der Waals surface area contributed by atoms with Crippen molar-refractivity contribution in [3.63, 3.8) is 0 Å². The molecule has 144 valence electrons. The molecule has 0 radical (unpaired) electrons. The van der Waals surface area contributed by atoms with E-state index in [2.05, 4.69) is 50.6 Å². The Kier molecular flexibility index (Phi) is 7.00. The van der Waals surface area contributed by atoms with Gasteiger partial charge < -0.3 is 5.32 Å². The largest absolute Gasteiger partial charge is 0.352 e. The van der Waals surface area contributed by atoms with Gasteiger partial charge >= 0.3 is 0 Å². The lowest BCUT2D eigenvalue weighted by Gasteiger charge is -2.20. The van der Waals surface area contributed by atoms with Crippen molar-refractivity contribution < 1.29 is 4.79 Å².